The van der Waals surface area contributed by atoms with E-state index in [4.69, 9.17) is 9.78 Å². The molecule has 0 unspecified atom stereocenters. The van der Waals surface area contributed by atoms with Crippen molar-refractivity contribution >= 4 is 11.8 Å². The van der Waals surface area contributed by atoms with Crippen molar-refractivity contribution in [3.05, 3.63) is 29.8 Å². The van der Waals surface area contributed by atoms with E-state index in [1.807, 2.05) is 25.1 Å². The summed E-state index contributed by atoms with van der Waals surface area (Å²) >= 11 is 0. The van der Waals surface area contributed by atoms with Crippen LogP contribution in [0.4, 0.5) is 11.8 Å². The first kappa shape index (κ1) is 13.4. The van der Waals surface area contributed by atoms with E-state index in [1.54, 1.807) is 12.3 Å². The Morgan fingerprint density at radius 2 is 2.29 bits per heavy atom. The van der Waals surface area contributed by atoms with Crippen LogP contribution in [0.1, 0.15) is 30.3 Å². The van der Waals surface area contributed by atoms with Gasteiger partial charge in [-0.25, -0.2) is 4.98 Å². The molecule has 21 heavy (non-hydrogen) atoms. The summed E-state index contributed by atoms with van der Waals surface area (Å²) in [6, 6.07) is 5.76. The molecule has 3 rings (SSSR count). The maximum absolute atomic E-state index is 8.84. The molecule has 0 amide bonds. The number of anilines is 2. The van der Waals surface area contributed by atoms with Crippen LogP contribution in [0.5, 0.6) is 0 Å². The number of aromatic nitrogens is 3. The third-order valence-electron chi connectivity index (χ3n) is 3.54. The van der Waals surface area contributed by atoms with Gasteiger partial charge in [-0.15, -0.1) is 0 Å². The Balaban J connectivity index is 1.85. The van der Waals surface area contributed by atoms with Gasteiger partial charge in [-0.3, -0.25) is 0 Å². The Morgan fingerprint density at radius 1 is 1.43 bits per heavy atom. The van der Waals surface area contributed by atoms with E-state index in [2.05, 4.69) is 26.1 Å². The molecule has 2 aromatic heterocycles. The first-order valence-electron chi connectivity index (χ1n) is 6.83. The van der Waals surface area contributed by atoms with E-state index in [-0.39, 0.29) is 6.04 Å². The van der Waals surface area contributed by atoms with Crippen molar-refractivity contribution in [1.29, 1.82) is 5.26 Å². The Labute approximate surface area is 122 Å². The van der Waals surface area contributed by atoms with Crippen LogP contribution in [0.2, 0.25) is 0 Å². The number of nitriles is 1. The zero-order valence-electron chi connectivity index (χ0n) is 12.0. The minimum Gasteiger partial charge on any atom is -0.345 e. The van der Waals surface area contributed by atoms with Gasteiger partial charge in [0.25, 0.3) is 11.8 Å². The lowest BCUT2D eigenvalue weighted by atomic mass is 10.2. The molecular weight excluding hydrogens is 268 g/mol. The Morgan fingerprint density at radius 3 is 2.90 bits per heavy atom. The Kier molecular flexibility index (Phi) is 3.44. The third-order valence-corrected chi connectivity index (χ3v) is 3.54. The van der Waals surface area contributed by atoms with E-state index in [9.17, 15) is 0 Å². The zero-order chi connectivity index (χ0) is 14.8. The normalized spacial score (nSPS) is 17.8. The van der Waals surface area contributed by atoms with Crippen molar-refractivity contribution in [3.63, 3.8) is 0 Å². The second-order valence-electron chi connectivity index (χ2n) is 5.20. The fraction of sp³-hybridized carbons (Fsp3) is 0.429. The molecule has 7 heteroatoms. The molecule has 0 spiro atoms. The van der Waals surface area contributed by atoms with Gasteiger partial charge in [-0.1, -0.05) is 0 Å². The predicted molar refractivity (Wildman–Crippen MR) is 76.9 cm³/mol. The van der Waals surface area contributed by atoms with Crippen LogP contribution in [-0.2, 0) is 0 Å². The average molecular weight is 284 g/mol. The van der Waals surface area contributed by atoms with E-state index in [0.29, 0.717) is 17.4 Å². The predicted octanol–water partition coefficient (Wildman–Crippen LogP) is 1.74. The van der Waals surface area contributed by atoms with Gasteiger partial charge in [0.05, 0.1) is 5.56 Å². The highest BCUT2D eigenvalue weighted by Gasteiger charge is 2.31. The van der Waals surface area contributed by atoms with Crippen LogP contribution in [0.25, 0.3) is 0 Å². The van der Waals surface area contributed by atoms with Gasteiger partial charge < -0.3 is 14.3 Å². The van der Waals surface area contributed by atoms with E-state index < -0.39 is 0 Å². The third kappa shape index (κ3) is 2.52. The molecule has 0 saturated carbocycles. The van der Waals surface area contributed by atoms with Gasteiger partial charge in [0, 0.05) is 26.8 Å². The van der Waals surface area contributed by atoms with E-state index in [1.165, 1.54) is 0 Å². The second kappa shape index (κ2) is 5.40. The summed E-state index contributed by atoms with van der Waals surface area (Å²) < 4.78 is 5.38. The standard InChI is InChI=1S/C14H16N6O/c1-19(2)14-17-13(21-18-14)11-4-3-7-20(11)12-6-5-10(8-15)9-16-12/h5-6,9,11H,3-4,7H2,1-2H3/t11-/m1/s1. The number of hydrogen-bond acceptors (Lipinski definition) is 7. The smallest absolute Gasteiger partial charge is 0.265 e. The molecule has 1 atom stereocenters. The summed E-state index contributed by atoms with van der Waals surface area (Å²) in [4.78, 5) is 12.7. The van der Waals surface area contributed by atoms with Gasteiger partial charge in [0.2, 0.25) is 0 Å². The van der Waals surface area contributed by atoms with Gasteiger partial charge in [-0.2, -0.15) is 10.2 Å². The lowest BCUT2D eigenvalue weighted by Crippen LogP contribution is -2.23. The molecule has 1 aliphatic rings. The van der Waals surface area contributed by atoms with Gasteiger partial charge in [0.15, 0.2) is 0 Å². The van der Waals surface area contributed by atoms with Crippen LogP contribution >= 0.6 is 0 Å². The number of rotatable bonds is 3. The molecule has 1 saturated heterocycles. The van der Waals surface area contributed by atoms with E-state index >= 15 is 0 Å². The fourth-order valence-corrected chi connectivity index (χ4v) is 2.46. The molecule has 0 radical (unpaired) electrons. The van der Waals surface area contributed by atoms with Crippen LogP contribution in [0.15, 0.2) is 22.9 Å². The molecule has 0 aliphatic carbocycles. The van der Waals surface area contributed by atoms with Crippen LogP contribution in [0, 0.1) is 11.3 Å². The highest BCUT2D eigenvalue weighted by atomic mass is 16.5. The molecular formula is C14H16N6O. The maximum Gasteiger partial charge on any atom is 0.265 e. The first-order valence-corrected chi connectivity index (χ1v) is 6.83. The topological polar surface area (TPSA) is 82.1 Å². The van der Waals surface area contributed by atoms with Gasteiger partial charge in [0.1, 0.15) is 17.9 Å². The molecule has 0 bridgehead atoms. The monoisotopic (exact) mass is 284 g/mol. The first-order chi connectivity index (χ1) is 10.2. The quantitative estimate of drug-likeness (QED) is 0.849. The largest absolute Gasteiger partial charge is 0.345 e. The number of nitrogens with zero attached hydrogens (tertiary/aromatic N) is 6. The molecule has 0 aromatic carbocycles. The molecule has 0 N–H and O–H groups in total. The minimum absolute atomic E-state index is 0.0478. The van der Waals surface area contributed by atoms with Gasteiger partial charge >= 0.3 is 0 Å². The van der Waals surface area contributed by atoms with Crippen LogP contribution in [-0.4, -0.2) is 35.8 Å². The summed E-state index contributed by atoms with van der Waals surface area (Å²) in [5.41, 5.74) is 0.558. The fourth-order valence-electron chi connectivity index (χ4n) is 2.46. The van der Waals surface area contributed by atoms with Crippen molar-refractivity contribution in [2.45, 2.75) is 18.9 Å². The van der Waals surface area contributed by atoms with Crippen molar-refractivity contribution in [2.75, 3.05) is 30.4 Å². The highest BCUT2D eigenvalue weighted by Crippen LogP contribution is 2.34. The Hall–Kier alpha value is -2.62. The second-order valence-corrected chi connectivity index (χ2v) is 5.20. The van der Waals surface area contributed by atoms with Crippen LogP contribution < -0.4 is 9.80 Å². The summed E-state index contributed by atoms with van der Waals surface area (Å²) in [6.07, 6.45) is 3.59. The molecule has 1 aliphatic heterocycles. The van der Waals surface area contributed by atoms with Crippen molar-refractivity contribution in [2.24, 2.45) is 0 Å². The molecule has 3 heterocycles. The van der Waals surface area contributed by atoms with Crippen molar-refractivity contribution in [1.82, 2.24) is 15.1 Å². The van der Waals surface area contributed by atoms with Crippen molar-refractivity contribution in [3.8, 4) is 6.07 Å². The summed E-state index contributed by atoms with van der Waals surface area (Å²) in [5.74, 6) is 2.02. The summed E-state index contributed by atoms with van der Waals surface area (Å²) in [7, 11) is 3.76. The summed E-state index contributed by atoms with van der Waals surface area (Å²) in [5, 5.41) is 12.8. The minimum atomic E-state index is 0.0478. The van der Waals surface area contributed by atoms with E-state index in [0.717, 1.165) is 25.2 Å². The Bertz CT molecular complexity index is 657. The number of hydrogen-bond donors (Lipinski definition) is 0. The molecule has 7 nitrogen and oxygen atoms in total. The molecule has 108 valence electrons. The van der Waals surface area contributed by atoms with Gasteiger partial charge in [-0.05, 0) is 30.1 Å². The van der Waals surface area contributed by atoms with Crippen LogP contribution in [0.3, 0.4) is 0 Å². The molecule has 1 fully saturated rings. The SMILES string of the molecule is CN(C)c1noc([C@H]2CCCN2c2ccc(C#N)cn2)n1. The maximum atomic E-state index is 8.84. The lowest BCUT2D eigenvalue weighted by Gasteiger charge is -2.22. The highest BCUT2D eigenvalue weighted by molar-refractivity contribution is 5.44. The average Bonchev–Trinajstić information content (AvgIpc) is 3.16. The number of pyridine rings is 1. The summed E-state index contributed by atoms with van der Waals surface area (Å²) in [6.45, 7) is 0.892. The lowest BCUT2D eigenvalue weighted by molar-refractivity contribution is 0.354. The zero-order valence-corrected chi connectivity index (χ0v) is 12.0. The molecule has 2 aromatic rings. The van der Waals surface area contributed by atoms with Crippen molar-refractivity contribution < 1.29 is 4.52 Å².